The van der Waals surface area contributed by atoms with E-state index in [0.29, 0.717) is 17.7 Å². The van der Waals surface area contributed by atoms with Crippen LogP contribution in [-0.4, -0.2) is 16.7 Å². The molecule has 0 aliphatic heterocycles. The van der Waals surface area contributed by atoms with Crippen molar-refractivity contribution in [2.45, 2.75) is 38.2 Å². The molecule has 1 unspecified atom stereocenters. The Bertz CT molecular complexity index is 448. The smallest absolute Gasteiger partial charge is 0.248 e. The van der Waals surface area contributed by atoms with Crippen molar-refractivity contribution < 1.29 is 13.6 Å². The number of pyridine rings is 1. The summed E-state index contributed by atoms with van der Waals surface area (Å²) < 4.78 is 26.1. The molecule has 3 nitrogen and oxygen atoms in total. The van der Waals surface area contributed by atoms with Crippen molar-refractivity contribution in [3.63, 3.8) is 0 Å². The number of hydrogen-bond donors (Lipinski definition) is 1. The fourth-order valence-electron chi connectivity index (χ4n) is 2.36. The van der Waals surface area contributed by atoms with E-state index < -0.39 is 5.92 Å². The van der Waals surface area contributed by atoms with Gasteiger partial charge in [-0.3, -0.25) is 9.78 Å². The lowest BCUT2D eigenvalue weighted by Crippen LogP contribution is -2.12. The summed E-state index contributed by atoms with van der Waals surface area (Å²) in [6.45, 7) is 0.266. The maximum Gasteiger partial charge on any atom is 0.248 e. The molecule has 1 heterocycles. The number of ketones is 1. The maximum absolute atomic E-state index is 13.0. The van der Waals surface area contributed by atoms with Crippen molar-refractivity contribution in [1.82, 2.24) is 4.98 Å². The van der Waals surface area contributed by atoms with Gasteiger partial charge in [-0.05, 0) is 24.5 Å². The van der Waals surface area contributed by atoms with Gasteiger partial charge in [0.15, 0.2) is 5.78 Å². The second kappa shape index (κ2) is 5.10. The molecule has 0 amide bonds. The third kappa shape index (κ3) is 3.10. The average Bonchev–Trinajstić information content (AvgIpc) is 2.68. The van der Waals surface area contributed by atoms with Crippen LogP contribution in [0.1, 0.15) is 41.7 Å². The van der Waals surface area contributed by atoms with Gasteiger partial charge in [-0.15, -0.1) is 0 Å². The summed E-state index contributed by atoms with van der Waals surface area (Å²) in [6, 6.07) is 3.24. The Morgan fingerprint density at radius 2 is 2.33 bits per heavy atom. The van der Waals surface area contributed by atoms with Crippen LogP contribution >= 0.6 is 0 Å². The number of carbonyl (C=O) groups excluding carboxylic acids is 1. The number of hydrogen-bond acceptors (Lipinski definition) is 3. The first-order valence-electron chi connectivity index (χ1n) is 6.06. The molecule has 0 radical (unpaired) electrons. The van der Waals surface area contributed by atoms with Crippen molar-refractivity contribution in [2.24, 2.45) is 11.7 Å². The molecular weight excluding hydrogens is 238 g/mol. The summed E-state index contributed by atoms with van der Waals surface area (Å²) in [5, 5.41) is 0. The minimum atomic E-state index is -2.59. The van der Waals surface area contributed by atoms with E-state index >= 15 is 0 Å². The van der Waals surface area contributed by atoms with Crippen LogP contribution in [0.2, 0.25) is 0 Å². The lowest BCUT2D eigenvalue weighted by molar-refractivity contribution is 0.00497. The first-order chi connectivity index (χ1) is 8.50. The van der Waals surface area contributed by atoms with E-state index in [1.807, 2.05) is 0 Å². The van der Waals surface area contributed by atoms with Gasteiger partial charge in [0.2, 0.25) is 5.92 Å². The molecule has 98 valence electrons. The molecule has 1 aromatic rings. The maximum atomic E-state index is 13.0. The number of aromatic nitrogens is 1. The van der Waals surface area contributed by atoms with Crippen molar-refractivity contribution in [1.29, 1.82) is 0 Å². The van der Waals surface area contributed by atoms with Gasteiger partial charge in [0, 0.05) is 37.6 Å². The Morgan fingerprint density at radius 1 is 1.56 bits per heavy atom. The Morgan fingerprint density at radius 3 is 2.94 bits per heavy atom. The summed E-state index contributed by atoms with van der Waals surface area (Å²) in [4.78, 5) is 16.0. The number of alkyl halides is 2. The number of nitrogens with two attached hydrogens (primary N) is 1. The predicted molar refractivity (Wildman–Crippen MR) is 63.4 cm³/mol. The molecule has 1 aromatic heterocycles. The fourth-order valence-corrected chi connectivity index (χ4v) is 2.36. The van der Waals surface area contributed by atoms with E-state index in [2.05, 4.69) is 4.98 Å². The second-order valence-corrected chi connectivity index (χ2v) is 4.83. The van der Waals surface area contributed by atoms with Crippen LogP contribution in [0.4, 0.5) is 8.78 Å². The van der Waals surface area contributed by atoms with Gasteiger partial charge < -0.3 is 5.73 Å². The Hall–Kier alpha value is -1.36. The molecule has 18 heavy (non-hydrogen) atoms. The van der Waals surface area contributed by atoms with Crippen LogP contribution in [0.15, 0.2) is 18.3 Å². The van der Waals surface area contributed by atoms with Gasteiger partial charge >= 0.3 is 0 Å². The van der Waals surface area contributed by atoms with Crippen molar-refractivity contribution in [3.8, 4) is 0 Å². The molecule has 0 bridgehead atoms. The van der Waals surface area contributed by atoms with Crippen LogP contribution in [0.3, 0.4) is 0 Å². The standard InChI is InChI=1S/C13H16F2N2O/c14-13(15)3-1-9(7-13)5-12(18)10-2-4-17-11(6-10)8-16/h2,4,6,9H,1,3,5,7-8,16H2. The zero-order valence-electron chi connectivity index (χ0n) is 10.0. The first kappa shape index (κ1) is 13.1. The van der Waals surface area contributed by atoms with Crippen molar-refractivity contribution in [3.05, 3.63) is 29.6 Å². The number of halogens is 2. The third-order valence-corrected chi connectivity index (χ3v) is 3.33. The summed E-state index contributed by atoms with van der Waals surface area (Å²) in [7, 11) is 0. The third-order valence-electron chi connectivity index (χ3n) is 3.33. The largest absolute Gasteiger partial charge is 0.325 e. The molecule has 5 heteroatoms. The highest BCUT2D eigenvalue weighted by Crippen LogP contribution is 2.40. The van der Waals surface area contributed by atoms with E-state index in [1.165, 1.54) is 6.20 Å². The highest BCUT2D eigenvalue weighted by Gasteiger charge is 2.39. The number of carbonyl (C=O) groups is 1. The lowest BCUT2D eigenvalue weighted by Gasteiger charge is -2.10. The van der Waals surface area contributed by atoms with Crippen LogP contribution in [-0.2, 0) is 6.54 Å². The topological polar surface area (TPSA) is 56.0 Å². The van der Waals surface area contributed by atoms with E-state index in [9.17, 15) is 13.6 Å². The van der Waals surface area contributed by atoms with Gasteiger partial charge in [0.25, 0.3) is 0 Å². The minimum Gasteiger partial charge on any atom is -0.325 e. The lowest BCUT2D eigenvalue weighted by atomic mass is 9.97. The Labute approximate surface area is 104 Å². The number of nitrogens with zero attached hydrogens (tertiary/aromatic N) is 1. The molecule has 1 saturated carbocycles. The molecule has 1 aliphatic carbocycles. The number of rotatable bonds is 4. The molecule has 1 atom stereocenters. The molecular formula is C13H16F2N2O. The van der Waals surface area contributed by atoms with E-state index in [0.717, 1.165) is 0 Å². The highest BCUT2D eigenvalue weighted by atomic mass is 19.3. The molecule has 2 N–H and O–H groups in total. The zero-order valence-corrected chi connectivity index (χ0v) is 10.0. The van der Waals surface area contributed by atoms with E-state index in [-0.39, 0.29) is 37.5 Å². The number of Topliss-reactive ketones (excluding diaryl/α,β-unsaturated/α-hetero) is 1. The molecule has 2 rings (SSSR count). The minimum absolute atomic E-state index is 0.102. The van der Waals surface area contributed by atoms with Crippen molar-refractivity contribution >= 4 is 5.78 Å². The van der Waals surface area contributed by atoms with Crippen LogP contribution in [0.25, 0.3) is 0 Å². The molecule has 0 aromatic carbocycles. The van der Waals surface area contributed by atoms with Gasteiger partial charge in [-0.25, -0.2) is 8.78 Å². The quantitative estimate of drug-likeness (QED) is 0.840. The van der Waals surface area contributed by atoms with Gasteiger partial charge in [0.05, 0.1) is 5.69 Å². The van der Waals surface area contributed by atoms with Crippen LogP contribution < -0.4 is 5.73 Å². The molecule has 1 aliphatic rings. The van der Waals surface area contributed by atoms with E-state index in [4.69, 9.17) is 5.73 Å². The monoisotopic (exact) mass is 254 g/mol. The van der Waals surface area contributed by atoms with Gasteiger partial charge in [0.1, 0.15) is 0 Å². The molecule has 0 saturated heterocycles. The van der Waals surface area contributed by atoms with Crippen molar-refractivity contribution in [2.75, 3.05) is 0 Å². The predicted octanol–water partition coefficient (Wildman–Crippen LogP) is 2.55. The summed E-state index contributed by atoms with van der Waals surface area (Å²) in [6.07, 6.45) is 1.86. The first-order valence-corrected chi connectivity index (χ1v) is 6.06. The fraction of sp³-hybridized carbons (Fsp3) is 0.538. The van der Waals surface area contributed by atoms with Crippen LogP contribution in [0.5, 0.6) is 0 Å². The zero-order chi connectivity index (χ0) is 13.2. The summed E-state index contributed by atoms with van der Waals surface area (Å²) in [5.74, 6) is -2.90. The second-order valence-electron chi connectivity index (χ2n) is 4.83. The highest BCUT2D eigenvalue weighted by molar-refractivity contribution is 5.96. The molecule has 1 fully saturated rings. The summed E-state index contributed by atoms with van der Waals surface area (Å²) in [5.41, 5.74) is 6.60. The van der Waals surface area contributed by atoms with Crippen LogP contribution in [0, 0.1) is 5.92 Å². The van der Waals surface area contributed by atoms with Gasteiger partial charge in [-0.1, -0.05) is 0 Å². The summed E-state index contributed by atoms with van der Waals surface area (Å²) >= 11 is 0. The van der Waals surface area contributed by atoms with E-state index in [1.54, 1.807) is 12.1 Å². The SMILES string of the molecule is NCc1cc(C(=O)CC2CCC(F)(F)C2)ccn1. The normalized spacial score (nSPS) is 22.1. The Kier molecular flexibility index (Phi) is 3.71. The van der Waals surface area contributed by atoms with Gasteiger partial charge in [-0.2, -0.15) is 0 Å². The average molecular weight is 254 g/mol. The molecule has 0 spiro atoms. The Balaban J connectivity index is 1.99.